The molecular weight excluding hydrogens is 308 g/mol. The fourth-order valence-corrected chi connectivity index (χ4v) is 2.95. The van der Waals surface area contributed by atoms with E-state index >= 15 is 0 Å². The predicted octanol–water partition coefficient (Wildman–Crippen LogP) is 4.06. The van der Waals surface area contributed by atoms with Gasteiger partial charge in [-0.3, -0.25) is 0 Å². The first kappa shape index (κ1) is 13.1. The van der Waals surface area contributed by atoms with Gasteiger partial charge in [-0.05, 0) is 22.0 Å². The molecule has 0 fully saturated rings. The summed E-state index contributed by atoms with van der Waals surface area (Å²) in [6, 6.07) is 1.77. The number of halogens is 3. The summed E-state index contributed by atoms with van der Waals surface area (Å²) in [5.74, 6) is 0.180. The number of hydrogen-bond donors (Lipinski definition) is 1. The van der Waals surface area contributed by atoms with Crippen LogP contribution in [0.2, 0.25) is 5.02 Å². The van der Waals surface area contributed by atoms with E-state index in [1.165, 1.54) is 6.07 Å². The van der Waals surface area contributed by atoms with Crippen molar-refractivity contribution in [1.29, 1.82) is 0 Å². The third kappa shape index (κ3) is 2.59. The smallest absolute Gasteiger partial charge is 0.150 e. The molecule has 0 amide bonds. The largest absolute Gasteiger partial charge is 0.492 e. The van der Waals surface area contributed by atoms with Gasteiger partial charge in [-0.25, -0.2) is 4.39 Å². The summed E-state index contributed by atoms with van der Waals surface area (Å²) >= 11 is 9.22. The van der Waals surface area contributed by atoms with Crippen LogP contribution in [0.4, 0.5) is 4.39 Å². The van der Waals surface area contributed by atoms with Crippen molar-refractivity contribution < 1.29 is 9.13 Å². The first-order valence-corrected chi connectivity index (χ1v) is 6.74. The highest BCUT2D eigenvalue weighted by Gasteiger charge is 2.28. The van der Waals surface area contributed by atoms with E-state index in [1.54, 1.807) is 0 Å². The van der Waals surface area contributed by atoms with Crippen LogP contribution in [0.5, 0.6) is 5.75 Å². The second-order valence-corrected chi connectivity index (χ2v) is 5.67. The van der Waals surface area contributed by atoms with Gasteiger partial charge in [0.25, 0.3) is 0 Å². The van der Waals surface area contributed by atoms with Crippen molar-refractivity contribution in [3.05, 3.63) is 26.9 Å². The van der Waals surface area contributed by atoms with Gasteiger partial charge in [0.1, 0.15) is 11.6 Å². The summed E-state index contributed by atoms with van der Waals surface area (Å²) in [4.78, 5) is 0. The fraction of sp³-hybridized carbons (Fsp3) is 0.500. The zero-order valence-corrected chi connectivity index (χ0v) is 12.0. The number of rotatable bonds is 2. The van der Waals surface area contributed by atoms with Crippen LogP contribution in [0.3, 0.4) is 0 Å². The number of hydrogen-bond acceptors (Lipinski definition) is 2. The summed E-state index contributed by atoms with van der Waals surface area (Å²) in [6.45, 7) is 4.65. The second kappa shape index (κ2) is 5.12. The summed E-state index contributed by atoms with van der Waals surface area (Å²) in [5, 5.41) is 3.46. The average molecular weight is 323 g/mol. The Morgan fingerprint density at radius 1 is 1.59 bits per heavy atom. The highest BCUT2D eigenvalue weighted by molar-refractivity contribution is 9.10. The first-order chi connectivity index (χ1) is 8.00. The SMILES string of the molecule is CC(C)NC1CCOc2c(Br)cc(Cl)c(F)c21. The number of benzene rings is 1. The summed E-state index contributed by atoms with van der Waals surface area (Å²) in [7, 11) is 0. The lowest BCUT2D eigenvalue weighted by Crippen LogP contribution is -2.32. The van der Waals surface area contributed by atoms with E-state index < -0.39 is 0 Å². The Bertz CT molecular complexity index is 439. The zero-order chi connectivity index (χ0) is 12.6. The Morgan fingerprint density at radius 2 is 2.29 bits per heavy atom. The lowest BCUT2D eigenvalue weighted by atomic mass is 9.99. The third-order valence-corrected chi connectivity index (χ3v) is 3.56. The molecule has 0 aliphatic carbocycles. The fourth-order valence-electron chi connectivity index (χ4n) is 2.05. The summed E-state index contributed by atoms with van der Waals surface area (Å²) in [6.07, 6.45) is 0.745. The Balaban J connectivity index is 2.48. The van der Waals surface area contributed by atoms with Crippen molar-refractivity contribution in [3.8, 4) is 5.75 Å². The summed E-state index contributed by atoms with van der Waals surface area (Å²) < 4.78 is 20.3. The van der Waals surface area contributed by atoms with Gasteiger partial charge in [0.05, 0.1) is 16.1 Å². The highest BCUT2D eigenvalue weighted by Crippen LogP contribution is 2.42. The minimum absolute atomic E-state index is 0.0475. The molecule has 0 bridgehead atoms. The van der Waals surface area contributed by atoms with Crippen LogP contribution in [-0.2, 0) is 0 Å². The van der Waals surface area contributed by atoms with Crippen LogP contribution in [0.25, 0.3) is 0 Å². The molecule has 1 atom stereocenters. The van der Waals surface area contributed by atoms with Gasteiger partial charge in [0.15, 0.2) is 0 Å². The van der Waals surface area contributed by atoms with E-state index in [9.17, 15) is 4.39 Å². The molecular formula is C12H14BrClFNO. The van der Waals surface area contributed by atoms with Crippen LogP contribution in [0, 0.1) is 5.82 Å². The highest BCUT2D eigenvalue weighted by atomic mass is 79.9. The average Bonchev–Trinajstić information content (AvgIpc) is 2.25. The molecule has 5 heteroatoms. The van der Waals surface area contributed by atoms with Gasteiger partial charge in [0.2, 0.25) is 0 Å². The van der Waals surface area contributed by atoms with Crippen molar-refractivity contribution in [2.24, 2.45) is 0 Å². The molecule has 94 valence electrons. The van der Waals surface area contributed by atoms with Crippen molar-refractivity contribution in [3.63, 3.8) is 0 Å². The predicted molar refractivity (Wildman–Crippen MR) is 70.2 cm³/mol. The molecule has 0 aromatic heterocycles. The van der Waals surface area contributed by atoms with Crippen molar-refractivity contribution in [2.75, 3.05) is 6.61 Å². The van der Waals surface area contributed by atoms with Crippen molar-refractivity contribution in [2.45, 2.75) is 32.4 Å². The van der Waals surface area contributed by atoms with Gasteiger partial charge in [-0.2, -0.15) is 0 Å². The monoisotopic (exact) mass is 321 g/mol. The second-order valence-electron chi connectivity index (χ2n) is 4.41. The van der Waals surface area contributed by atoms with Crippen molar-refractivity contribution >= 4 is 27.5 Å². The minimum atomic E-state index is -0.386. The van der Waals surface area contributed by atoms with E-state index in [2.05, 4.69) is 21.2 Å². The normalized spacial score (nSPS) is 19.1. The summed E-state index contributed by atoms with van der Waals surface area (Å²) in [5.41, 5.74) is 0.532. The van der Waals surface area contributed by atoms with Crippen molar-refractivity contribution in [1.82, 2.24) is 5.32 Å². The molecule has 1 aliphatic rings. The van der Waals surface area contributed by atoms with Gasteiger partial charge >= 0.3 is 0 Å². The molecule has 1 heterocycles. The van der Waals surface area contributed by atoms with E-state index in [4.69, 9.17) is 16.3 Å². The Hall–Kier alpha value is -0.320. The van der Waals surface area contributed by atoms with E-state index in [0.29, 0.717) is 22.4 Å². The molecule has 1 unspecified atom stereocenters. The van der Waals surface area contributed by atoms with Crippen LogP contribution < -0.4 is 10.1 Å². The molecule has 0 spiro atoms. The first-order valence-electron chi connectivity index (χ1n) is 5.57. The molecule has 0 saturated heterocycles. The van der Waals surface area contributed by atoms with E-state index in [0.717, 1.165) is 6.42 Å². The Labute approximate surface area is 114 Å². The number of ether oxygens (including phenoxy) is 1. The van der Waals surface area contributed by atoms with Gasteiger partial charge in [-0.1, -0.05) is 25.4 Å². The number of nitrogens with one attached hydrogen (secondary N) is 1. The number of fused-ring (bicyclic) bond motifs is 1. The minimum Gasteiger partial charge on any atom is -0.492 e. The Morgan fingerprint density at radius 3 is 2.94 bits per heavy atom. The zero-order valence-electron chi connectivity index (χ0n) is 9.69. The maximum atomic E-state index is 14.1. The molecule has 0 radical (unpaired) electrons. The lowest BCUT2D eigenvalue weighted by molar-refractivity contribution is 0.240. The Kier molecular flexibility index (Phi) is 3.95. The maximum absolute atomic E-state index is 14.1. The van der Waals surface area contributed by atoms with Gasteiger partial charge < -0.3 is 10.1 Å². The quantitative estimate of drug-likeness (QED) is 0.829. The standard InChI is InChI=1S/C12H14BrClFNO/c1-6(2)16-9-3-4-17-12-7(13)5-8(14)11(15)10(9)12/h5-6,9,16H,3-4H2,1-2H3. The van der Waals surface area contributed by atoms with Gasteiger partial charge in [0, 0.05) is 24.1 Å². The molecule has 1 N–H and O–H groups in total. The molecule has 2 nitrogen and oxygen atoms in total. The van der Waals surface area contributed by atoms with E-state index in [-0.39, 0.29) is 22.9 Å². The van der Waals surface area contributed by atoms with Gasteiger partial charge in [-0.15, -0.1) is 0 Å². The molecule has 0 saturated carbocycles. The molecule has 2 rings (SSSR count). The maximum Gasteiger partial charge on any atom is 0.150 e. The lowest BCUT2D eigenvalue weighted by Gasteiger charge is -2.29. The molecule has 1 aromatic rings. The van der Waals surface area contributed by atoms with Crippen LogP contribution in [-0.4, -0.2) is 12.6 Å². The molecule has 17 heavy (non-hydrogen) atoms. The molecule has 1 aromatic carbocycles. The van der Waals surface area contributed by atoms with Crippen LogP contribution >= 0.6 is 27.5 Å². The van der Waals surface area contributed by atoms with E-state index in [1.807, 2.05) is 13.8 Å². The van der Waals surface area contributed by atoms with Crippen LogP contribution in [0.15, 0.2) is 10.5 Å². The third-order valence-electron chi connectivity index (χ3n) is 2.70. The topological polar surface area (TPSA) is 21.3 Å². The van der Waals surface area contributed by atoms with Crippen LogP contribution in [0.1, 0.15) is 31.9 Å². The molecule has 1 aliphatic heterocycles.